The Morgan fingerprint density at radius 2 is 0.942 bits per heavy atom. The third kappa shape index (κ3) is 4.47. The molecule has 0 N–H and O–H groups in total. The summed E-state index contributed by atoms with van der Waals surface area (Å²) in [5, 5.41) is 9.10. The smallest absolute Gasteiger partial charge is 0.0810 e. The van der Waals surface area contributed by atoms with E-state index in [1.165, 1.54) is 43.6 Å². The Morgan fingerprint density at radius 1 is 0.442 bits per heavy atom. The first kappa shape index (κ1) is 30.1. The van der Waals surface area contributed by atoms with Gasteiger partial charge in [0, 0.05) is 60.8 Å². The van der Waals surface area contributed by atoms with Crippen molar-refractivity contribution in [2.24, 2.45) is 0 Å². The standard InChI is InChI=1S/C48H34N4/c1-3-35-38-27-28-49-47(31-23-25-44-39(29-31)36-19-11-13-21-42(36)51(44)33-15-7-5-8-16-33)46(38)48(50-41(35)4-2)32-24-26-45-40(30-32)37-20-12-14-22-43(37)52(45)34-17-9-6-10-18-34/h3-30H,1-2H3/b35-3-,41-4+. The predicted molar refractivity (Wildman–Crippen MR) is 219 cm³/mol. The van der Waals surface area contributed by atoms with Crippen LogP contribution in [0.15, 0.2) is 158 Å². The Balaban J connectivity index is 1.26. The van der Waals surface area contributed by atoms with E-state index >= 15 is 0 Å². The summed E-state index contributed by atoms with van der Waals surface area (Å²) in [4.78, 5) is 10.5. The molecule has 0 aliphatic heterocycles. The first-order valence-electron chi connectivity index (χ1n) is 17.8. The number of fused-ring (bicyclic) bond motifs is 7. The maximum Gasteiger partial charge on any atom is 0.0810 e. The van der Waals surface area contributed by atoms with Crippen LogP contribution in [0.3, 0.4) is 0 Å². The molecule has 4 heterocycles. The van der Waals surface area contributed by atoms with Crippen molar-refractivity contribution < 1.29 is 0 Å². The van der Waals surface area contributed by atoms with Crippen molar-refractivity contribution >= 4 is 66.5 Å². The highest BCUT2D eigenvalue weighted by atomic mass is 15.0. The number of benzene rings is 6. The Labute approximate surface area is 300 Å². The Morgan fingerprint density at radius 3 is 1.48 bits per heavy atom. The third-order valence-corrected chi connectivity index (χ3v) is 10.5. The van der Waals surface area contributed by atoms with Crippen LogP contribution in [0.4, 0.5) is 0 Å². The quantitative estimate of drug-likeness (QED) is 0.187. The minimum absolute atomic E-state index is 0.927. The number of nitrogens with zero attached hydrogens (tertiary/aromatic N) is 4. The molecule has 0 amide bonds. The van der Waals surface area contributed by atoms with Gasteiger partial charge in [0.25, 0.3) is 0 Å². The lowest BCUT2D eigenvalue weighted by Crippen LogP contribution is -2.29. The molecule has 10 rings (SSSR count). The molecular formula is C48H34N4. The molecule has 4 aromatic heterocycles. The summed E-state index contributed by atoms with van der Waals surface area (Å²) in [5.74, 6) is 0. The molecule has 0 fully saturated rings. The van der Waals surface area contributed by atoms with Gasteiger partial charge in [-0.15, -0.1) is 0 Å². The van der Waals surface area contributed by atoms with Crippen LogP contribution in [0.5, 0.6) is 0 Å². The normalized spacial score (nSPS) is 12.7. The van der Waals surface area contributed by atoms with Crippen LogP contribution in [-0.4, -0.2) is 19.1 Å². The minimum Gasteiger partial charge on any atom is -0.309 e. The monoisotopic (exact) mass is 666 g/mol. The first-order valence-corrected chi connectivity index (χ1v) is 17.8. The van der Waals surface area contributed by atoms with Crippen molar-refractivity contribution in [2.45, 2.75) is 13.8 Å². The molecule has 0 radical (unpaired) electrons. The molecule has 0 aliphatic rings. The van der Waals surface area contributed by atoms with Gasteiger partial charge in [0.1, 0.15) is 0 Å². The second kappa shape index (κ2) is 11.9. The zero-order valence-corrected chi connectivity index (χ0v) is 29.0. The highest BCUT2D eigenvalue weighted by Crippen LogP contribution is 2.39. The van der Waals surface area contributed by atoms with Gasteiger partial charge in [0.05, 0.1) is 38.8 Å². The van der Waals surface area contributed by atoms with E-state index in [1.807, 2.05) is 6.20 Å². The third-order valence-electron chi connectivity index (χ3n) is 10.5. The van der Waals surface area contributed by atoms with Crippen molar-refractivity contribution in [3.63, 3.8) is 0 Å². The topological polar surface area (TPSA) is 35.6 Å². The maximum absolute atomic E-state index is 5.42. The zero-order valence-electron chi connectivity index (χ0n) is 29.0. The van der Waals surface area contributed by atoms with Gasteiger partial charge in [0.15, 0.2) is 0 Å². The van der Waals surface area contributed by atoms with Crippen molar-refractivity contribution in [3.05, 3.63) is 168 Å². The minimum atomic E-state index is 0.927. The van der Waals surface area contributed by atoms with E-state index in [-0.39, 0.29) is 0 Å². The van der Waals surface area contributed by atoms with Crippen molar-refractivity contribution in [1.29, 1.82) is 0 Å². The molecule has 0 atom stereocenters. The highest BCUT2D eigenvalue weighted by molar-refractivity contribution is 6.14. The van der Waals surface area contributed by atoms with Gasteiger partial charge in [-0.1, -0.05) is 97.1 Å². The highest BCUT2D eigenvalue weighted by Gasteiger charge is 2.19. The van der Waals surface area contributed by atoms with E-state index in [0.29, 0.717) is 0 Å². The van der Waals surface area contributed by atoms with Crippen LogP contribution < -0.4 is 10.6 Å². The molecule has 246 valence electrons. The van der Waals surface area contributed by atoms with E-state index in [4.69, 9.17) is 9.97 Å². The van der Waals surface area contributed by atoms with Crippen LogP contribution in [0.2, 0.25) is 0 Å². The van der Waals surface area contributed by atoms with Crippen molar-refractivity contribution in [1.82, 2.24) is 19.1 Å². The van der Waals surface area contributed by atoms with Gasteiger partial charge < -0.3 is 9.13 Å². The summed E-state index contributed by atoms with van der Waals surface area (Å²) in [6.45, 7) is 4.17. The summed E-state index contributed by atoms with van der Waals surface area (Å²) in [6.07, 6.45) is 6.23. The predicted octanol–water partition coefficient (Wildman–Crippen LogP) is 10.8. The molecule has 0 unspecified atom stereocenters. The lowest BCUT2D eigenvalue weighted by atomic mass is 9.96. The number of hydrogen-bond acceptors (Lipinski definition) is 2. The van der Waals surface area contributed by atoms with Crippen LogP contribution in [0, 0.1) is 0 Å². The van der Waals surface area contributed by atoms with E-state index in [1.54, 1.807) is 0 Å². The number of aromatic nitrogens is 4. The molecular weight excluding hydrogens is 633 g/mol. The van der Waals surface area contributed by atoms with Crippen molar-refractivity contribution in [2.75, 3.05) is 0 Å². The second-order valence-electron chi connectivity index (χ2n) is 13.3. The number of para-hydroxylation sites is 4. The molecule has 0 bridgehead atoms. The average molecular weight is 667 g/mol. The molecule has 0 saturated heterocycles. The SMILES string of the molecule is C/C=c1\c(=C/C)nc(-c2ccc3c(c2)c2ccccc2n3-c2ccccc2)c2c(-c3ccc4c(c3)c3ccccc3n4-c3ccccc3)nccc12. The van der Waals surface area contributed by atoms with Gasteiger partial charge in [-0.05, 0) is 86.0 Å². The van der Waals surface area contributed by atoms with Gasteiger partial charge in [-0.3, -0.25) is 4.98 Å². The Bertz CT molecular complexity index is 3130. The molecule has 6 aromatic carbocycles. The van der Waals surface area contributed by atoms with Gasteiger partial charge >= 0.3 is 0 Å². The molecule has 0 aliphatic carbocycles. The molecule has 0 saturated carbocycles. The van der Waals surface area contributed by atoms with E-state index < -0.39 is 0 Å². The lowest BCUT2D eigenvalue weighted by molar-refractivity contribution is 1.18. The Hall–Kier alpha value is -6.78. The van der Waals surface area contributed by atoms with E-state index in [0.717, 1.165) is 55.2 Å². The van der Waals surface area contributed by atoms with Gasteiger partial charge in [0.2, 0.25) is 0 Å². The molecule has 4 nitrogen and oxygen atoms in total. The van der Waals surface area contributed by atoms with Crippen molar-refractivity contribution in [3.8, 4) is 33.9 Å². The molecule has 52 heavy (non-hydrogen) atoms. The van der Waals surface area contributed by atoms with E-state index in [9.17, 15) is 0 Å². The largest absolute Gasteiger partial charge is 0.309 e. The summed E-state index contributed by atoms with van der Waals surface area (Å²) in [7, 11) is 0. The van der Waals surface area contributed by atoms with Crippen LogP contribution in [0.1, 0.15) is 13.8 Å². The van der Waals surface area contributed by atoms with Crippen LogP contribution in [-0.2, 0) is 0 Å². The fourth-order valence-electron chi connectivity index (χ4n) is 8.20. The maximum atomic E-state index is 5.42. The number of hydrogen-bond donors (Lipinski definition) is 0. The first-order chi connectivity index (χ1) is 25.7. The summed E-state index contributed by atoms with van der Waals surface area (Å²) < 4.78 is 4.71. The Kier molecular flexibility index (Phi) is 6.90. The van der Waals surface area contributed by atoms with Crippen LogP contribution in [0.25, 0.3) is 100 Å². The van der Waals surface area contributed by atoms with Gasteiger partial charge in [-0.25, -0.2) is 4.98 Å². The summed E-state index contributed by atoms with van der Waals surface area (Å²) >= 11 is 0. The fraction of sp³-hybridized carbons (Fsp3) is 0.0417. The number of rotatable bonds is 4. The fourth-order valence-corrected chi connectivity index (χ4v) is 8.20. The van der Waals surface area contributed by atoms with Crippen LogP contribution >= 0.6 is 0 Å². The lowest BCUT2D eigenvalue weighted by Gasteiger charge is -2.14. The molecule has 10 aromatic rings. The zero-order chi connectivity index (χ0) is 34.8. The summed E-state index contributed by atoms with van der Waals surface area (Å²) in [5.41, 5.74) is 11.0. The molecule has 0 spiro atoms. The van der Waals surface area contributed by atoms with E-state index in [2.05, 4.69) is 187 Å². The second-order valence-corrected chi connectivity index (χ2v) is 13.3. The number of pyridine rings is 2. The van der Waals surface area contributed by atoms with Gasteiger partial charge in [-0.2, -0.15) is 0 Å². The summed E-state index contributed by atoms with van der Waals surface area (Å²) in [6, 6.07) is 54.3. The average Bonchev–Trinajstić information content (AvgIpc) is 3.73. The molecule has 4 heteroatoms.